The second-order valence-corrected chi connectivity index (χ2v) is 4.73. The van der Waals surface area contributed by atoms with E-state index < -0.39 is 48.8 Å². The summed E-state index contributed by atoms with van der Waals surface area (Å²) in [6.07, 6.45) is -0.503. The molecule has 0 aliphatic carbocycles. The summed E-state index contributed by atoms with van der Waals surface area (Å²) in [4.78, 5) is 45.0. The van der Waals surface area contributed by atoms with Crippen LogP contribution in [0.4, 0.5) is 0 Å². The van der Waals surface area contributed by atoms with E-state index in [4.69, 9.17) is 10.8 Å². The van der Waals surface area contributed by atoms with Gasteiger partial charge in [-0.2, -0.15) is 0 Å². The van der Waals surface area contributed by atoms with Crippen molar-refractivity contribution in [1.29, 1.82) is 0 Å². The number of esters is 1. The summed E-state index contributed by atoms with van der Waals surface area (Å²) in [5.74, 6) is -3.50. The van der Waals surface area contributed by atoms with Gasteiger partial charge in [0.05, 0.1) is 26.1 Å². The maximum atomic E-state index is 11.5. The monoisotopic (exact) mass is 303 g/mol. The minimum atomic E-state index is -1.42. The maximum Gasteiger partial charge on any atom is 0.326 e. The number of carboxylic acids is 1. The van der Waals surface area contributed by atoms with Gasteiger partial charge in [-0.05, 0) is 5.92 Å². The van der Waals surface area contributed by atoms with Gasteiger partial charge in [-0.1, -0.05) is 13.8 Å². The molecule has 0 aliphatic rings. The summed E-state index contributed by atoms with van der Waals surface area (Å²) in [7, 11) is 1.11. The van der Waals surface area contributed by atoms with Crippen LogP contribution in [-0.4, -0.2) is 54.6 Å². The van der Waals surface area contributed by atoms with Crippen LogP contribution in [0.15, 0.2) is 0 Å². The molecule has 0 bridgehead atoms. The summed E-state index contributed by atoms with van der Waals surface area (Å²) < 4.78 is 4.33. The Morgan fingerprint density at radius 2 is 1.81 bits per heavy atom. The lowest BCUT2D eigenvalue weighted by atomic mass is 10.1. The predicted molar refractivity (Wildman–Crippen MR) is 72.0 cm³/mol. The van der Waals surface area contributed by atoms with Crippen LogP contribution in [0, 0.1) is 5.92 Å². The van der Waals surface area contributed by atoms with Gasteiger partial charge in [-0.3, -0.25) is 14.4 Å². The Morgan fingerprint density at radius 1 is 1.24 bits per heavy atom. The van der Waals surface area contributed by atoms with Crippen LogP contribution in [-0.2, 0) is 23.9 Å². The highest BCUT2D eigenvalue weighted by molar-refractivity contribution is 5.90. The van der Waals surface area contributed by atoms with Crippen LogP contribution in [0.2, 0.25) is 0 Å². The number of aliphatic carboxylic acids is 1. The number of nitrogens with two attached hydrogens (primary N) is 1. The first-order valence-electron chi connectivity index (χ1n) is 6.31. The van der Waals surface area contributed by atoms with Crippen molar-refractivity contribution < 1.29 is 29.0 Å². The van der Waals surface area contributed by atoms with Crippen LogP contribution in [0.3, 0.4) is 0 Å². The summed E-state index contributed by atoms with van der Waals surface area (Å²) in [6.45, 7) is 3.08. The smallest absolute Gasteiger partial charge is 0.326 e. The molecule has 2 amide bonds. The number of amides is 2. The molecule has 0 aromatic rings. The molecular weight excluding hydrogens is 282 g/mol. The fourth-order valence-corrected chi connectivity index (χ4v) is 1.28. The first kappa shape index (κ1) is 18.8. The van der Waals surface area contributed by atoms with Gasteiger partial charge in [-0.15, -0.1) is 0 Å². The Balaban J connectivity index is 4.36. The number of rotatable bonds is 8. The van der Waals surface area contributed by atoms with Gasteiger partial charge in [-0.25, -0.2) is 4.79 Å². The van der Waals surface area contributed by atoms with Gasteiger partial charge >= 0.3 is 11.9 Å². The molecule has 0 fully saturated rings. The van der Waals surface area contributed by atoms with Gasteiger partial charge < -0.3 is 26.2 Å². The lowest BCUT2D eigenvalue weighted by molar-refractivity contribution is -0.148. The van der Waals surface area contributed by atoms with Crippen molar-refractivity contribution in [3.63, 3.8) is 0 Å². The van der Waals surface area contributed by atoms with Gasteiger partial charge in [0, 0.05) is 0 Å². The van der Waals surface area contributed by atoms with Crippen LogP contribution in [0.5, 0.6) is 0 Å². The van der Waals surface area contributed by atoms with E-state index in [1.165, 1.54) is 0 Å². The normalized spacial score (nSPS) is 13.2. The van der Waals surface area contributed by atoms with Crippen molar-refractivity contribution in [2.75, 3.05) is 13.7 Å². The number of methoxy groups -OCH3 is 1. The van der Waals surface area contributed by atoms with E-state index in [1.807, 2.05) is 0 Å². The Bertz CT molecular complexity index is 410. The molecule has 0 saturated carbocycles. The quantitative estimate of drug-likeness (QED) is 0.387. The van der Waals surface area contributed by atoms with E-state index in [-0.39, 0.29) is 5.92 Å². The molecule has 0 radical (unpaired) electrons. The molecule has 9 nitrogen and oxygen atoms in total. The minimum Gasteiger partial charge on any atom is -0.480 e. The van der Waals surface area contributed by atoms with Crippen molar-refractivity contribution in [1.82, 2.24) is 10.6 Å². The zero-order valence-corrected chi connectivity index (χ0v) is 12.2. The molecule has 0 heterocycles. The zero-order chi connectivity index (χ0) is 16.6. The first-order valence-corrected chi connectivity index (χ1v) is 6.31. The molecule has 0 unspecified atom stereocenters. The lowest BCUT2D eigenvalue weighted by Crippen LogP contribution is -2.50. The topological polar surface area (TPSA) is 148 Å². The highest BCUT2D eigenvalue weighted by atomic mass is 16.5. The third-order valence-electron chi connectivity index (χ3n) is 2.68. The molecule has 0 aliphatic heterocycles. The second kappa shape index (κ2) is 8.90. The van der Waals surface area contributed by atoms with Gasteiger partial charge in [0.25, 0.3) is 0 Å². The molecule has 0 aromatic carbocycles. The van der Waals surface area contributed by atoms with Crippen LogP contribution in [0.1, 0.15) is 20.3 Å². The second-order valence-electron chi connectivity index (χ2n) is 4.73. The number of ether oxygens (including phenoxy) is 1. The maximum absolute atomic E-state index is 11.5. The summed E-state index contributed by atoms with van der Waals surface area (Å²) >= 11 is 0. The van der Waals surface area contributed by atoms with Crippen molar-refractivity contribution in [3.8, 4) is 0 Å². The first-order chi connectivity index (χ1) is 9.68. The SMILES string of the molecule is COC(=O)C[C@H](NC(=O)CNC(=O)[C@@H](N)C(C)C)C(=O)O. The van der Waals surface area contributed by atoms with E-state index in [1.54, 1.807) is 13.8 Å². The number of nitrogens with one attached hydrogen (secondary N) is 2. The average molecular weight is 303 g/mol. The zero-order valence-electron chi connectivity index (χ0n) is 12.2. The molecule has 21 heavy (non-hydrogen) atoms. The Kier molecular flexibility index (Phi) is 7.99. The van der Waals surface area contributed by atoms with E-state index >= 15 is 0 Å². The summed E-state index contributed by atoms with van der Waals surface area (Å²) in [6, 6.07) is -2.18. The molecule has 5 N–H and O–H groups in total. The van der Waals surface area contributed by atoms with Crippen LogP contribution < -0.4 is 16.4 Å². The molecule has 0 rings (SSSR count). The van der Waals surface area contributed by atoms with Gasteiger partial charge in [0.1, 0.15) is 6.04 Å². The van der Waals surface area contributed by atoms with Crippen molar-refractivity contribution in [2.45, 2.75) is 32.4 Å². The third kappa shape index (κ3) is 7.25. The molecule has 0 aromatic heterocycles. The summed E-state index contributed by atoms with van der Waals surface area (Å²) in [5.41, 5.74) is 5.58. The number of hydrogen-bond acceptors (Lipinski definition) is 6. The van der Waals surface area contributed by atoms with Gasteiger partial charge in [0.15, 0.2) is 0 Å². The largest absolute Gasteiger partial charge is 0.480 e. The highest BCUT2D eigenvalue weighted by Gasteiger charge is 2.24. The minimum absolute atomic E-state index is 0.0980. The highest BCUT2D eigenvalue weighted by Crippen LogP contribution is 1.98. The van der Waals surface area contributed by atoms with Gasteiger partial charge in [0.2, 0.25) is 11.8 Å². The number of hydrogen-bond donors (Lipinski definition) is 4. The standard InChI is InChI=1S/C12H21N3O6/c1-6(2)10(13)11(18)14-5-8(16)15-7(12(19)20)4-9(17)21-3/h6-7,10H,4-5,13H2,1-3H3,(H,14,18)(H,15,16)(H,19,20)/t7-,10-/m0/s1. The molecule has 120 valence electrons. The fraction of sp³-hybridized carbons (Fsp3) is 0.667. The summed E-state index contributed by atoms with van der Waals surface area (Å²) in [5, 5.41) is 13.3. The Morgan fingerprint density at radius 3 is 2.24 bits per heavy atom. The average Bonchev–Trinajstić information content (AvgIpc) is 2.42. The van der Waals surface area contributed by atoms with E-state index in [9.17, 15) is 19.2 Å². The van der Waals surface area contributed by atoms with E-state index in [0.29, 0.717) is 0 Å². The molecular formula is C12H21N3O6. The number of carboxylic acid groups (broad SMARTS) is 1. The van der Waals surface area contributed by atoms with Crippen LogP contribution >= 0.6 is 0 Å². The van der Waals surface area contributed by atoms with Crippen LogP contribution in [0.25, 0.3) is 0 Å². The molecule has 0 saturated heterocycles. The Labute approximate surface area is 122 Å². The van der Waals surface area contributed by atoms with Crippen molar-refractivity contribution >= 4 is 23.8 Å². The van der Waals surface area contributed by atoms with Crippen molar-refractivity contribution in [2.24, 2.45) is 11.7 Å². The number of carbonyl (C=O) groups is 4. The van der Waals surface area contributed by atoms with E-state index in [0.717, 1.165) is 7.11 Å². The van der Waals surface area contributed by atoms with Crippen molar-refractivity contribution in [3.05, 3.63) is 0 Å². The fourth-order valence-electron chi connectivity index (χ4n) is 1.28. The predicted octanol–water partition coefficient (Wildman–Crippen LogP) is -1.78. The lowest BCUT2D eigenvalue weighted by Gasteiger charge is -2.16. The number of carbonyl (C=O) groups excluding carboxylic acids is 3. The van der Waals surface area contributed by atoms with E-state index in [2.05, 4.69) is 15.4 Å². The molecule has 9 heteroatoms. The Hall–Kier alpha value is -2.16. The third-order valence-corrected chi connectivity index (χ3v) is 2.68. The molecule has 0 spiro atoms. The molecule has 2 atom stereocenters.